The van der Waals surface area contributed by atoms with Gasteiger partial charge in [0, 0.05) is 45.5 Å². The average molecular weight is 512 g/mol. The number of carbonyl (C=O) groups excluding carboxylic acids is 1. The summed E-state index contributed by atoms with van der Waals surface area (Å²) in [6.07, 6.45) is 2.83. The van der Waals surface area contributed by atoms with Gasteiger partial charge in [-0.3, -0.25) is 0 Å². The van der Waals surface area contributed by atoms with Crippen LogP contribution in [-0.2, 0) is 4.74 Å². The summed E-state index contributed by atoms with van der Waals surface area (Å²) in [4.78, 5) is 17.5. The molecule has 10 heteroatoms. The molecular weight excluding hydrogens is 489 g/mol. The molecule has 180 valence electrons. The highest BCUT2D eigenvalue weighted by Crippen LogP contribution is 2.37. The van der Waals surface area contributed by atoms with Gasteiger partial charge in [0.2, 0.25) is 5.82 Å². The third-order valence-corrected chi connectivity index (χ3v) is 6.82. The van der Waals surface area contributed by atoms with Crippen LogP contribution in [0, 0.1) is 12.8 Å². The number of aryl methyl sites for hydroxylation is 1. The zero-order valence-electron chi connectivity index (χ0n) is 19.3. The summed E-state index contributed by atoms with van der Waals surface area (Å²) in [6, 6.07) is 12.6. The van der Waals surface area contributed by atoms with Crippen molar-refractivity contribution >= 4 is 34.8 Å². The highest BCUT2D eigenvalue weighted by atomic mass is 35.5. The quantitative estimate of drug-likeness (QED) is 0.468. The summed E-state index contributed by atoms with van der Waals surface area (Å²) in [7, 11) is 1.61. The monoisotopic (exact) mass is 511 g/mol. The van der Waals surface area contributed by atoms with E-state index in [0.717, 1.165) is 28.0 Å². The summed E-state index contributed by atoms with van der Waals surface area (Å²) in [5, 5.41) is 9.79. The van der Waals surface area contributed by atoms with Gasteiger partial charge in [0.15, 0.2) is 0 Å². The highest BCUT2D eigenvalue weighted by molar-refractivity contribution is 6.31. The van der Waals surface area contributed by atoms with Crippen LogP contribution >= 0.6 is 23.2 Å². The Bertz CT molecular complexity index is 1310. The van der Waals surface area contributed by atoms with E-state index in [4.69, 9.17) is 32.5 Å². The van der Waals surface area contributed by atoms with Crippen LogP contribution in [0.2, 0.25) is 10.0 Å². The largest absolute Gasteiger partial charge is 0.376 e. The molecule has 2 heterocycles. The first-order valence-electron chi connectivity index (χ1n) is 11.0. The average Bonchev–Trinajstić information content (AvgIpc) is 3.46. The molecule has 35 heavy (non-hydrogen) atoms. The lowest BCUT2D eigenvalue weighted by molar-refractivity contribution is 0.0993. The summed E-state index contributed by atoms with van der Waals surface area (Å²) in [6.45, 7) is 3.94. The summed E-state index contributed by atoms with van der Waals surface area (Å²) < 4.78 is 11.4. The fourth-order valence-electron chi connectivity index (χ4n) is 4.45. The van der Waals surface area contributed by atoms with Gasteiger partial charge in [0.05, 0.1) is 6.10 Å². The van der Waals surface area contributed by atoms with Crippen molar-refractivity contribution in [3.8, 4) is 11.4 Å². The van der Waals surface area contributed by atoms with Gasteiger partial charge in [0.25, 0.3) is 5.89 Å². The molecule has 0 spiro atoms. The fourth-order valence-corrected chi connectivity index (χ4v) is 4.91. The Morgan fingerprint density at radius 3 is 2.60 bits per heavy atom. The Hall–Kier alpha value is -3.17. The van der Waals surface area contributed by atoms with Gasteiger partial charge in [-0.15, -0.1) is 0 Å². The number of methoxy groups -OCH3 is 1. The van der Waals surface area contributed by atoms with Gasteiger partial charge in [-0.25, -0.2) is 9.80 Å². The van der Waals surface area contributed by atoms with Crippen molar-refractivity contribution in [1.29, 1.82) is 0 Å². The predicted octanol–water partition coefficient (Wildman–Crippen LogP) is 5.51. The SMILES string of the molecule is COC1C(c2nc(-c3ccc(Cl)cc3)no2)=CC=C(N2NC(c3c(C)cccc3Cl)NC2=O)C1C. The number of hydrogen-bond acceptors (Lipinski definition) is 6. The highest BCUT2D eigenvalue weighted by Gasteiger charge is 2.39. The van der Waals surface area contributed by atoms with Gasteiger partial charge < -0.3 is 14.6 Å². The third-order valence-electron chi connectivity index (χ3n) is 6.24. The van der Waals surface area contributed by atoms with Crippen LogP contribution < -0.4 is 10.7 Å². The fraction of sp³-hybridized carbons (Fsp3) is 0.240. The van der Waals surface area contributed by atoms with E-state index in [9.17, 15) is 4.79 Å². The molecule has 1 saturated heterocycles. The maximum Gasteiger partial charge on any atom is 0.337 e. The number of benzene rings is 2. The Balaban J connectivity index is 1.43. The number of rotatable bonds is 5. The molecule has 3 aromatic rings. The maximum atomic E-state index is 12.9. The zero-order chi connectivity index (χ0) is 24.7. The molecule has 2 amide bonds. The van der Waals surface area contributed by atoms with Gasteiger partial charge in [0.1, 0.15) is 6.17 Å². The molecule has 1 aliphatic heterocycles. The maximum absolute atomic E-state index is 12.9. The number of nitrogens with one attached hydrogen (secondary N) is 2. The minimum atomic E-state index is -0.450. The van der Waals surface area contributed by atoms with E-state index >= 15 is 0 Å². The zero-order valence-corrected chi connectivity index (χ0v) is 20.8. The number of hydrazine groups is 1. The van der Waals surface area contributed by atoms with E-state index in [0.29, 0.717) is 21.8 Å². The number of allylic oxidation sites excluding steroid dienone is 2. The lowest BCUT2D eigenvalue weighted by Gasteiger charge is -2.32. The van der Waals surface area contributed by atoms with Crippen LogP contribution in [0.3, 0.4) is 0 Å². The number of ether oxygens (including phenoxy) is 1. The number of halogens is 2. The minimum absolute atomic E-state index is 0.199. The molecule has 1 aliphatic carbocycles. The van der Waals surface area contributed by atoms with Crippen molar-refractivity contribution in [3.63, 3.8) is 0 Å². The Morgan fingerprint density at radius 1 is 1.11 bits per heavy atom. The molecule has 5 rings (SSSR count). The minimum Gasteiger partial charge on any atom is -0.376 e. The molecule has 0 saturated carbocycles. The van der Waals surface area contributed by atoms with E-state index in [1.54, 1.807) is 19.2 Å². The Morgan fingerprint density at radius 2 is 1.89 bits per heavy atom. The molecule has 1 aromatic heterocycles. The molecule has 2 N–H and O–H groups in total. The van der Waals surface area contributed by atoms with Crippen LogP contribution in [0.25, 0.3) is 17.0 Å². The second kappa shape index (κ2) is 9.47. The predicted molar refractivity (Wildman–Crippen MR) is 133 cm³/mol. The standard InChI is InChI=1S/C25H23Cl2N5O3/c1-13-5-4-6-18(27)20(13)23-29-25(33)32(30-23)19-12-11-17(21(34-3)14(19)2)24-28-22(31-35-24)15-7-9-16(26)10-8-15/h4-12,14,21,23,30H,1-3H3,(H,29,33). The van der Waals surface area contributed by atoms with Crippen LogP contribution in [-0.4, -0.2) is 34.4 Å². The summed E-state index contributed by atoms with van der Waals surface area (Å²) in [5.74, 6) is 0.607. The lowest BCUT2D eigenvalue weighted by atomic mass is 9.89. The normalized spacial score (nSPS) is 22.1. The number of aromatic nitrogens is 2. The first-order valence-corrected chi connectivity index (χ1v) is 11.8. The Labute approximate surface area is 212 Å². The molecule has 3 unspecified atom stereocenters. The third kappa shape index (κ3) is 4.34. The summed E-state index contributed by atoms with van der Waals surface area (Å²) >= 11 is 12.4. The number of hydrogen-bond donors (Lipinski definition) is 2. The van der Waals surface area contributed by atoms with E-state index in [1.807, 2.05) is 56.3 Å². The van der Waals surface area contributed by atoms with Gasteiger partial charge in [-0.05, 0) is 55.0 Å². The van der Waals surface area contributed by atoms with Crippen molar-refractivity contribution in [1.82, 2.24) is 25.9 Å². The van der Waals surface area contributed by atoms with Gasteiger partial charge in [-0.2, -0.15) is 10.4 Å². The van der Waals surface area contributed by atoms with E-state index in [1.165, 1.54) is 5.01 Å². The van der Waals surface area contributed by atoms with E-state index in [-0.39, 0.29) is 11.9 Å². The van der Waals surface area contributed by atoms with Crippen molar-refractivity contribution in [3.05, 3.63) is 87.4 Å². The lowest BCUT2D eigenvalue weighted by Crippen LogP contribution is -2.41. The second-order valence-electron chi connectivity index (χ2n) is 8.41. The number of nitrogens with zero attached hydrogens (tertiary/aromatic N) is 3. The molecule has 2 aliphatic rings. The summed E-state index contributed by atoms with van der Waals surface area (Å²) in [5.41, 5.74) is 7.31. The van der Waals surface area contributed by atoms with E-state index in [2.05, 4.69) is 20.9 Å². The molecule has 3 atom stereocenters. The molecule has 1 fully saturated rings. The first kappa shape index (κ1) is 23.6. The van der Waals surface area contributed by atoms with Crippen molar-refractivity contribution in [2.45, 2.75) is 26.1 Å². The van der Waals surface area contributed by atoms with Crippen LogP contribution in [0.1, 0.15) is 30.1 Å². The van der Waals surface area contributed by atoms with E-state index < -0.39 is 12.3 Å². The molecule has 8 nitrogen and oxygen atoms in total. The smallest absolute Gasteiger partial charge is 0.337 e. The molecular formula is C25H23Cl2N5O3. The Kier molecular flexibility index (Phi) is 6.37. The van der Waals surface area contributed by atoms with Gasteiger partial charge in [-0.1, -0.05) is 47.4 Å². The molecule has 0 radical (unpaired) electrons. The second-order valence-corrected chi connectivity index (χ2v) is 9.25. The topological polar surface area (TPSA) is 92.5 Å². The molecule has 2 aromatic carbocycles. The van der Waals surface area contributed by atoms with Crippen LogP contribution in [0.4, 0.5) is 4.79 Å². The van der Waals surface area contributed by atoms with Crippen molar-refractivity contribution in [2.75, 3.05) is 7.11 Å². The van der Waals surface area contributed by atoms with Crippen LogP contribution in [0.5, 0.6) is 0 Å². The van der Waals surface area contributed by atoms with Crippen molar-refractivity contribution < 1.29 is 14.1 Å². The van der Waals surface area contributed by atoms with Crippen LogP contribution in [0.15, 0.2) is 64.8 Å². The number of amides is 2. The van der Waals surface area contributed by atoms with Crippen molar-refractivity contribution in [2.24, 2.45) is 5.92 Å². The first-order chi connectivity index (χ1) is 16.9. The number of carbonyl (C=O) groups is 1. The molecule has 0 bridgehead atoms. The van der Waals surface area contributed by atoms with Gasteiger partial charge >= 0.3 is 6.03 Å². The number of urea groups is 1.